The van der Waals surface area contributed by atoms with Crippen LogP contribution in [0.25, 0.3) is 0 Å². The second-order valence-electron chi connectivity index (χ2n) is 4.50. The van der Waals surface area contributed by atoms with Crippen LogP contribution in [-0.4, -0.2) is 15.0 Å². The Balaban J connectivity index is 1.83. The number of aryl methyl sites for hydroxylation is 1. The number of aromatic nitrogens is 3. The maximum absolute atomic E-state index is 13.6. The highest BCUT2D eigenvalue weighted by Crippen LogP contribution is 2.26. The average molecular weight is 312 g/mol. The third-order valence-electron chi connectivity index (χ3n) is 3.22. The normalized spacial score (nSPS) is 13.5. The van der Waals surface area contributed by atoms with Crippen LogP contribution >= 0.6 is 23.4 Å². The molecule has 1 aliphatic carbocycles. The van der Waals surface area contributed by atoms with Gasteiger partial charge >= 0.3 is 0 Å². The van der Waals surface area contributed by atoms with E-state index in [4.69, 9.17) is 11.6 Å². The lowest BCUT2D eigenvalue weighted by Crippen LogP contribution is -2.15. The lowest BCUT2D eigenvalue weighted by atomic mass is 10.3. The van der Waals surface area contributed by atoms with E-state index < -0.39 is 5.95 Å². The molecule has 2 heterocycles. The zero-order valence-electron chi connectivity index (χ0n) is 10.4. The second kappa shape index (κ2) is 5.54. The van der Waals surface area contributed by atoms with E-state index in [1.165, 1.54) is 18.0 Å². The SMILES string of the molecule is O=c1[nH]c(SCc2c(Cl)ccnc2F)nc2c1CCC2. The van der Waals surface area contributed by atoms with Gasteiger partial charge in [-0.2, -0.15) is 4.39 Å². The molecule has 0 atom stereocenters. The van der Waals surface area contributed by atoms with E-state index in [0.717, 1.165) is 30.5 Å². The van der Waals surface area contributed by atoms with Crippen LogP contribution < -0.4 is 5.56 Å². The van der Waals surface area contributed by atoms with Crippen molar-refractivity contribution in [2.24, 2.45) is 0 Å². The van der Waals surface area contributed by atoms with Crippen LogP contribution in [0.4, 0.5) is 4.39 Å². The largest absolute Gasteiger partial charge is 0.301 e. The molecule has 0 bridgehead atoms. The highest BCUT2D eigenvalue weighted by Gasteiger charge is 2.17. The summed E-state index contributed by atoms with van der Waals surface area (Å²) in [6.45, 7) is 0. The van der Waals surface area contributed by atoms with Gasteiger partial charge in [-0.1, -0.05) is 23.4 Å². The molecule has 0 amide bonds. The Labute approximate surface area is 123 Å². The summed E-state index contributed by atoms with van der Waals surface area (Å²) in [6, 6.07) is 1.54. The fraction of sp³-hybridized carbons (Fsp3) is 0.308. The maximum atomic E-state index is 13.6. The van der Waals surface area contributed by atoms with Crippen LogP contribution in [0.5, 0.6) is 0 Å². The van der Waals surface area contributed by atoms with Crippen LogP contribution in [0.1, 0.15) is 23.2 Å². The smallest absolute Gasteiger partial charge is 0.254 e. The molecule has 0 saturated heterocycles. The van der Waals surface area contributed by atoms with Crippen LogP contribution in [0.15, 0.2) is 22.2 Å². The number of halogens is 2. The van der Waals surface area contributed by atoms with Gasteiger partial charge in [0.25, 0.3) is 5.56 Å². The Kier molecular flexibility index (Phi) is 3.76. The molecule has 0 unspecified atom stereocenters. The summed E-state index contributed by atoms with van der Waals surface area (Å²) in [5.41, 5.74) is 1.86. The minimum absolute atomic E-state index is 0.0900. The topological polar surface area (TPSA) is 58.6 Å². The highest BCUT2D eigenvalue weighted by molar-refractivity contribution is 7.98. The second-order valence-corrected chi connectivity index (χ2v) is 5.87. The number of pyridine rings is 1. The molecule has 3 rings (SSSR count). The molecule has 0 aliphatic heterocycles. The standard InChI is InChI=1S/C13H11ClFN3OS/c14-9-4-5-16-11(15)8(9)6-20-13-17-10-3-1-2-7(10)12(19)18-13/h4-5H,1-3,6H2,(H,17,18,19). The van der Waals surface area contributed by atoms with Crippen LogP contribution in [0, 0.1) is 5.95 Å². The van der Waals surface area contributed by atoms with E-state index in [0.29, 0.717) is 15.7 Å². The molecule has 0 spiro atoms. The van der Waals surface area contributed by atoms with E-state index in [2.05, 4.69) is 15.0 Å². The van der Waals surface area contributed by atoms with E-state index in [9.17, 15) is 9.18 Å². The molecule has 7 heteroatoms. The van der Waals surface area contributed by atoms with Gasteiger partial charge in [-0.05, 0) is 25.3 Å². The molecular formula is C13H11ClFN3OS. The van der Waals surface area contributed by atoms with Gasteiger partial charge in [0.05, 0.1) is 10.7 Å². The van der Waals surface area contributed by atoms with Gasteiger partial charge in [-0.25, -0.2) is 9.97 Å². The van der Waals surface area contributed by atoms with Gasteiger partial charge in [-0.15, -0.1) is 0 Å². The summed E-state index contributed by atoms with van der Waals surface area (Å²) in [5, 5.41) is 0.823. The molecule has 0 fully saturated rings. The number of hydrogen-bond acceptors (Lipinski definition) is 4. The van der Waals surface area contributed by atoms with Crippen molar-refractivity contribution in [1.82, 2.24) is 15.0 Å². The molecule has 20 heavy (non-hydrogen) atoms. The summed E-state index contributed by atoms with van der Waals surface area (Å²) in [5.74, 6) is -0.311. The van der Waals surface area contributed by atoms with Gasteiger partial charge in [0.1, 0.15) is 0 Å². The van der Waals surface area contributed by atoms with Gasteiger partial charge in [0.2, 0.25) is 5.95 Å². The molecule has 0 radical (unpaired) electrons. The van der Waals surface area contributed by atoms with Crippen molar-refractivity contribution in [1.29, 1.82) is 0 Å². The lowest BCUT2D eigenvalue weighted by molar-refractivity contribution is 0.573. The lowest BCUT2D eigenvalue weighted by Gasteiger charge is -2.05. The van der Waals surface area contributed by atoms with E-state index >= 15 is 0 Å². The number of hydrogen-bond donors (Lipinski definition) is 1. The molecular weight excluding hydrogens is 301 g/mol. The Morgan fingerprint density at radius 3 is 3.10 bits per heavy atom. The summed E-state index contributed by atoms with van der Waals surface area (Å²) in [7, 11) is 0. The Morgan fingerprint density at radius 2 is 2.30 bits per heavy atom. The zero-order chi connectivity index (χ0) is 14.1. The van der Waals surface area contributed by atoms with Crippen molar-refractivity contribution in [2.75, 3.05) is 0 Å². The molecule has 0 saturated carbocycles. The number of fused-ring (bicyclic) bond motifs is 1. The van der Waals surface area contributed by atoms with Crippen molar-refractivity contribution >= 4 is 23.4 Å². The van der Waals surface area contributed by atoms with Gasteiger partial charge in [0.15, 0.2) is 5.16 Å². The van der Waals surface area contributed by atoms with Gasteiger partial charge in [0, 0.05) is 23.1 Å². The molecule has 0 aromatic carbocycles. The van der Waals surface area contributed by atoms with Gasteiger partial charge in [-0.3, -0.25) is 4.79 Å². The number of H-pyrrole nitrogens is 1. The van der Waals surface area contributed by atoms with Crippen LogP contribution in [0.3, 0.4) is 0 Å². The molecule has 2 aromatic heterocycles. The minimum Gasteiger partial charge on any atom is -0.301 e. The highest BCUT2D eigenvalue weighted by atomic mass is 35.5. The third kappa shape index (κ3) is 2.58. The molecule has 104 valence electrons. The predicted molar refractivity (Wildman–Crippen MR) is 75.6 cm³/mol. The Bertz CT molecular complexity index is 699. The van der Waals surface area contributed by atoms with Crippen molar-refractivity contribution in [3.8, 4) is 0 Å². The summed E-state index contributed by atoms with van der Waals surface area (Å²) < 4.78 is 13.6. The van der Waals surface area contributed by atoms with Crippen LogP contribution in [0.2, 0.25) is 5.02 Å². The summed E-state index contributed by atoms with van der Waals surface area (Å²) in [6.07, 6.45) is 3.89. The van der Waals surface area contributed by atoms with Crippen molar-refractivity contribution in [2.45, 2.75) is 30.2 Å². The van der Waals surface area contributed by atoms with Crippen LogP contribution in [-0.2, 0) is 18.6 Å². The number of thioether (sulfide) groups is 1. The number of rotatable bonds is 3. The Hall–Kier alpha value is -1.40. The average Bonchev–Trinajstić information content (AvgIpc) is 2.87. The summed E-state index contributed by atoms with van der Waals surface area (Å²) >= 11 is 7.19. The van der Waals surface area contributed by atoms with Crippen molar-refractivity contribution in [3.05, 3.63) is 50.4 Å². The first kappa shape index (κ1) is 13.6. The summed E-state index contributed by atoms with van der Waals surface area (Å²) in [4.78, 5) is 22.6. The maximum Gasteiger partial charge on any atom is 0.254 e. The number of nitrogens with one attached hydrogen (secondary N) is 1. The van der Waals surface area contributed by atoms with Crippen molar-refractivity contribution < 1.29 is 4.39 Å². The zero-order valence-corrected chi connectivity index (χ0v) is 12.0. The first-order valence-corrected chi connectivity index (χ1v) is 7.55. The predicted octanol–water partition coefficient (Wildman–Crippen LogP) is 2.74. The monoisotopic (exact) mass is 311 g/mol. The molecule has 2 aromatic rings. The van der Waals surface area contributed by atoms with E-state index in [1.807, 2.05) is 0 Å². The minimum atomic E-state index is -0.589. The molecule has 1 aliphatic rings. The number of aromatic amines is 1. The van der Waals surface area contributed by atoms with E-state index in [1.54, 1.807) is 6.07 Å². The Morgan fingerprint density at radius 1 is 1.45 bits per heavy atom. The quantitative estimate of drug-likeness (QED) is 0.538. The van der Waals surface area contributed by atoms with E-state index in [-0.39, 0.29) is 11.3 Å². The first-order valence-electron chi connectivity index (χ1n) is 6.19. The van der Waals surface area contributed by atoms with Crippen molar-refractivity contribution in [3.63, 3.8) is 0 Å². The molecule has 4 nitrogen and oxygen atoms in total. The first-order chi connectivity index (χ1) is 9.65. The fourth-order valence-electron chi connectivity index (χ4n) is 2.20. The number of nitrogens with zero attached hydrogens (tertiary/aromatic N) is 2. The molecule has 1 N–H and O–H groups in total. The van der Waals surface area contributed by atoms with Gasteiger partial charge < -0.3 is 4.98 Å². The third-order valence-corrected chi connectivity index (χ3v) is 4.47. The fourth-order valence-corrected chi connectivity index (χ4v) is 3.38.